The summed E-state index contributed by atoms with van der Waals surface area (Å²) in [6.07, 6.45) is -14.4. The van der Waals surface area contributed by atoms with Gasteiger partial charge in [0.25, 0.3) is 0 Å². The second-order valence-electron chi connectivity index (χ2n) is 8.63. The molecule has 0 heterocycles. The minimum absolute atomic E-state index is 0.0426. The van der Waals surface area contributed by atoms with Crippen LogP contribution in [-0.4, -0.2) is 24.2 Å². The van der Waals surface area contributed by atoms with Gasteiger partial charge >= 0.3 is 18.5 Å². The van der Waals surface area contributed by atoms with Gasteiger partial charge in [0.2, 0.25) is 11.8 Å². The van der Waals surface area contributed by atoms with Crippen molar-refractivity contribution >= 4 is 17.9 Å². The predicted octanol–water partition coefficient (Wildman–Crippen LogP) is 6.52. The lowest BCUT2D eigenvalue weighted by Crippen LogP contribution is -2.37. The molecule has 2 N–H and O–H groups in total. The van der Waals surface area contributed by atoms with E-state index in [1.54, 1.807) is 19.2 Å². The average Bonchev–Trinajstić information content (AvgIpc) is 2.78. The molecule has 0 bridgehead atoms. The highest BCUT2D eigenvalue weighted by molar-refractivity contribution is 5.92. The highest BCUT2D eigenvalue weighted by atomic mass is 19.4. The van der Waals surface area contributed by atoms with E-state index in [1.807, 2.05) is 0 Å². The lowest BCUT2D eigenvalue weighted by atomic mass is 10.00. The number of halogens is 9. The van der Waals surface area contributed by atoms with Crippen LogP contribution in [0.4, 0.5) is 39.5 Å². The van der Waals surface area contributed by atoms with Crippen LogP contribution in [0.25, 0.3) is 6.08 Å². The zero-order valence-electron chi connectivity index (χ0n) is 20.0. The Hall–Kier alpha value is -3.51. The van der Waals surface area contributed by atoms with Crippen LogP contribution in [0.1, 0.15) is 47.7 Å². The molecule has 1 atom stereocenters. The van der Waals surface area contributed by atoms with Crippen molar-refractivity contribution in [1.29, 1.82) is 0 Å². The van der Waals surface area contributed by atoms with E-state index >= 15 is 0 Å². The lowest BCUT2D eigenvalue weighted by Gasteiger charge is -2.22. The zero-order valence-corrected chi connectivity index (χ0v) is 20.0. The first-order valence-electron chi connectivity index (χ1n) is 11.1. The van der Waals surface area contributed by atoms with Crippen molar-refractivity contribution in [3.8, 4) is 0 Å². The van der Waals surface area contributed by atoms with E-state index < -0.39 is 53.9 Å². The van der Waals surface area contributed by atoms with Crippen LogP contribution >= 0.6 is 0 Å². The van der Waals surface area contributed by atoms with E-state index in [4.69, 9.17) is 0 Å². The number of hydrogen-bond acceptors (Lipinski definition) is 2. The number of rotatable bonds is 8. The monoisotopic (exact) mass is 554 g/mol. The molecule has 2 aromatic carbocycles. The molecule has 4 nitrogen and oxygen atoms in total. The Balaban J connectivity index is 2.27. The minimum atomic E-state index is -5.14. The van der Waals surface area contributed by atoms with Crippen LogP contribution in [-0.2, 0) is 28.7 Å². The molecule has 0 spiro atoms. The van der Waals surface area contributed by atoms with E-state index in [2.05, 4.69) is 5.32 Å². The maximum Gasteiger partial charge on any atom is 0.416 e. The molecule has 0 saturated heterocycles. The molecule has 1 unspecified atom stereocenters. The second-order valence-corrected chi connectivity index (χ2v) is 8.63. The summed E-state index contributed by atoms with van der Waals surface area (Å²) in [6, 6.07) is 3.27. The van der Waals surface area contributed by atoms with Crippen molar-refractivity contribution in [1.82, 2.24) is 10.6 Å². The summed E-state index contributed by atoms with van der Waals surface area (Å²) in [6.45, 7) is 3.00. The maximum absolute atomic E-state index is 13.5. The van der Waals surface area contributed by atoms with Crippen molar-refractivity contribution in [3.05, 3.63) is 76.4 Å². The molecule has 2 aromatic rings. The lowest BCUT2D eigenvalue weighted by molar-refractivity contribution is -0.162. The van der Waals surface area contributed by atoms with Crippen LogP contribution in [0.3, 0.4) is 0 Å². The Bertz CT molecular complexity index is 1170. The fourth-order valence-electron chi connectivity index (χ4n) is 3.30. The van der Waals surface area contributed by atoms with Crippen molar-refractivity contribution in [2.45, 2.75) is 51.4 Å². The van der Waals surface area contributed by atoms with Gasteiger partial charge in [-0.3, -0.25) is 9.59 Å². The van der Waals surface area contributed by atoms with E-state index in [0.29, 0.717) is 12.1 Å². The Labute approximate surface area is 211 Å². The largest absolute Gasteiger partial charge is 0.416 e. The summed E-state index contributed by atoms with van der Waals surface area (Å²) >= 11 is 0. The molecule has 0 radical (unpaired) electrons. The van der Waals surface area contributed by atoms with Gasteiger partial charge in [-0.2, -0.15) is 39.5 Å². The third kappa shape index (κ3) is 9.42. The predicted molar refractivity (Wildman–Crippen MR) is 120 cm³/mol. The molecule has 0 aliphatic carbocycles. The molecule has 208 valence electrons. The number of carbonyl (C=O) groups is 2. The van der Waals surface area contributed by atoms with Crippen LogP contribution in [0, 0.1) is 5.92 Å². The average molecular weight is 554 g/mol. The third-order valence-electron chi connectivity index (χ3n) is 5.19. The number of benzene rings is 2. The Morgan fingerprint density at radius 1 is 0.895 bits per heavy atom. The fourth-order valence-corrected chi connectivity index (χ4v) is 3.30. The first-order valence-corrected chi connectivity index (χ1v) is 11.1. The molecule has 0 aliphatic heterocycles. The summed E-state index contributed by atoms with van der Waals surface area (Å²) in [5.41, 5.74) is -2.22. The van der Waals surface area contributed by atoms with E-state index in [9.17, 15) is 49.1 Å². The topological polar surface area (TPSA) is 58.2 Å². The van der Waals surface area contributed by atoms with Gasteiger partial charge in [-0.15, -0.1) is 0 Å². The summed E-state index contributed by atoms with van der Waals surface area (Å²) in [4.78, 5) is 24.0. The molecular formula is C25H23F9N2O2. The highest BCUT2D eigenvalue weighted by Crippen LogP contribution is 2.36. The van der Waals surface area contributed by atoms with Gasteiger partial charge in [-0.05, 0) is 40.5 Å². The molecule has 38 heavy (non-hydrogen) atoms. The van der Waals surface area contributed by atoms with Crippen molar-refractivity contribution < 1.29 is 49.1 Å². The van der Waals surface area contributed by atoms with Gasteiger partial charge in [0.15, 0.2) is 6.04 Å². The summed E-state index contributed by atoms with van der Waals surface area (Å²) in [7, 11) is 0. The normalized spacial score (nSPS) is 13.6. The highest BCUT2D eigenvalue weighted by Gasteiger charge is 2.42. The number of carbonyl (C=O) groups excluding carboxylic acids is 2. The van der Waals surface area contributed by atoms with E-state index in [0.717, 1.165) is 24.3 Å². The summed E-state index contributed by atoms with van der Waals surface area (Å²) < 4.78 is 119. The van der Waals surface area contributed by atoms with Crippen molar-refractivity contribution in [3.63, 3.8) is 0 Å². The molecule has 0 saturated carbocycles. The number of nitrogens with one attached hydrogen (secondary N) is 2. The van der Waals surface area contributed by atoms with Crippen LogP contribution in [0.2, 0.25) is 0 Å². The molecule has 13 heteroatoms. The van der Waals surface area contributed by atoms with Gasteiger partial charge in [0.05, 0.1) is 12.0 Å². The summed E-state index contributed by atoms with van der Waals surface area (Å²) in [5.74, 6) is -2.13. The second kappa shape index (κ2) is 11.9. The molecule has 0 aromatic heterocycles. The van der Waals surface area contributed by atoms with E-state index in [1.165, 1.54) is 12.1 Å². The number of hydrogen-bond donors (Lipinski definition) is 2. The number of alkyl halides is 9. The van der Waals surface area contributed by atoms with Gasteiger partial charge < -0.3 is 10.6 Å². The van der Waals surface area contributed by atoms with Gasteiger partial charge in [0, 0.05) is 18.5 Å². The summed E-state index contributed by atoms with van der Waals surface area (Å²) in [5, 5.41) is 4.08. The third-order valence-corrected chi connectivity index (χ3v) is 5.19. The Morgan fingerprint density at radius 2 is 1.55 bits per heavy atom. The fraction of sp³-hybridized carbons (Fsp3) is 0.360. The van der Waals surface area contributed by atoms with Crippen LogP contribution in [0.5, 0.6) is 0 Å². The molecular weight excluding hydrogens is 531 g/mol. The van der Waals surface area contributed by atoms with Gasteiger partial charge in [0.1, 0.15) is 0 Å². The minimum Gasteiger partial charge on any atom is -0.352 e. The van der Waals surface area contributed by atoms with E-state index in [-0.39, 0.29) is 35.2 Å². The number of amides is 2. The standard InChI is InChI=1S/C25H23F9N2O2/c1-14(2)22(38)35-13-17-8-6-15(10-18(17)12-23(26,27)28)7-9-20(37)36-21(25(32,33)34)16-4-3-5-19(11-16)24(29,30)31/h3-11,14,21H,12-13H2,1-2H3,(H,35,38)(H,36,37). The smallest absolute Gasteiger partial charge is 0.352 e. The first kappa shape index (κ1) is 30.7. The Kier molecular flexibility index (Phi) is 9.62. The molecule has 2 amide bonds. The van der Waals surface area contributed by atoms with Crippen LogP contribution < -0.4 is 10.6 Å². The van der Waals surface area contributed by atoms with Crippen molar-refractivity contribution in [2.75, 3.05) is 0 Å². The maximum atomic E-state index is 13.5. The van der Waals surface area contributed by atoms with Gasteiger partial charge in [-0.25, -0.2) is 0 Å². The quantitative estimate of drug-likeness (QED) is 0.289. The van der Waals surface area contributed by atoms with Crippen molar-refractivity contribution in [2.24, 2.45) is 5.92 Å². The Morgan fingerprint density at radius 3 is 2.11 bits per heavy atom. The van der Waals surface area contributed by atoms with Gasteiger partial charge in [-0.1, -0.05) is 44.2 Å². The first-order chi connectivity index (χ1) is 17.4. The molecule has 0 aliphatic rings. The zero-order chi connectivity index (χ0) is 28.9. The van der Waals surface area contributed by atoms with Crippen LogP contribution in [0.15, 0.2) is 48.5 Å². The molecule has 0 fully saturated rings. The molecule has 2 rings (SSSR count). The SMILES string of the molecule is CC(C)C(=O)NCc1ccc(C=CC(=O)NC(c2cccc(C(F)(F)F)c2)C(F)(F)F)cc1CC(F)(F)F.